The van der Waals surface area contributed by atoms with Crippen LogP contribution in [0, 0.1) is 13.8 Å². The maximum Gasteiger partial charge on any atom is 0.269 e. The van der Waals surface area contributed by atoms with Crippen molar-refractivity contribution in [2.45, 2.75) is 46.2 Å². The first kappa shape index (κ1) is 23.3. The molecule has 1 aromatic heterocycles. The Morgan fingerprint density at radius 2 is 1.87 bits per heavy atom. The molecule has 5 nitrogen and oxygen atoms in total. The molecule has 0 fully saturated rings. The van der Waals surface area contributed by atoms with Crippen LogP contribution in [0.3, 0.4) is 0 Å². The van der Waals surface area contributed by atoms with Crippen LogP contribution in [0.1, 0.15) is 46.4 Å². The Kier molecular flexibility index (Phi) is 8.46. The zero-order valence-electron chi connectivity index (χ0n) is 18.0. The number of carbonyl (C=O) groups is 1. The van der Waals surface area contributed by atoms with E-state index in [1.807, 2.05) is 34.2 Å². The molecule has 0 aliphatic carbocycles. The summed E-state index contributed by atoms with van der Waals surface area (Å²) < 4.78 is 2.01. The van der Waals surface area contributed by atoms with Gasteiger partial charge in [0.1, 0.15) is 5.69 Å². The molecule has 1 heterocycles. The number of thiazole rings is 1. The smallest absolute Gasteiger partial charge is 0.269 e. The molecule has 0 aliphatic rings. The number of nitrogens with one attached hydrogen (secondary N) is 1. The molecule has 3 rings (SSSR count). The highest BCUT2D eigenvalue weighted by Crippen LogP contribution is 2.18. The highest BCUT2D eigenvalue weighted by Gasteiger charge is 2.14. The van der Waals surface area contributed by atoms with Crippen molar-refractivity contribution in [2.24, 2.45) is 10.7 Å². The topological polar surface area (TPSA) is 72.4 Å². The quantitative estimate of drug-likeness (QED) is 0.439. The first-order valence-corrected chi connectivity index (χ1v) is 11.8. The second-order valence-electron chi connectivity index (χ2n) is 7.64. The number of nitrogens with zero attached hydrogens (tertiary/aromatic N) is 2. The number of aromatic nitrogens is 1. The number of hydrogen-bond donors (Lipinski definition) is 2. The Bertz CT molecular complexity index is 1080. The normalized spacial score (nSPS) is 11.7. The molecule has 164 valence electrons. The predicted molar refractivity (Wildman–Crippen MR) is 129 cm³/mol. The largest absolute Gasteiger partial charge is 0.347 e. The van der Waals surface area contributed by atoms with E-state index in [-0.39, 0.29) is 5.91 Å². The zero-order chi connectivity index (χ0) is 22.2. The van der Waals surface area contributed by atoms with Crippen molar-refractivity contribution >= 4 is 34.5 Å². The van der Waals surface area contributed by atoms with Crippen LogP contribution in [0.15, 0.2) is 52.8 Å². The lowest BCUT2D eigenvalue weighted by Crippen LogP contribution is -2.28. The van der Waals surface area contributed by atoms with Crippen LogP contribution < -0.4 is 15.9 Å². The lowest BCUT2D eigenvalue weighted by molar-refractivity contribution is 0.0941. The predicted octanol–water partition coefficient (Wildman–Crippen LogP) is 5.11. The van der Waals surface area contributed by atoms with Crippen molar-refractivity contribution in [2.75, 3.05) is 6.54 Å². The number of halogens is 1. The minimum absolute atomic E-state index is 0.128. The summed E-state index contributed by atoms with van der Waals surface area (Å²) in [5, 5.41) is 5.52. The molecule has 0 unspecified atom stereocenters. The Morgan fingerprint density at radius 3 is 2.58 bits per heavy atom. The number of hydrogen-bond acceptors (Lipinski definition) is 4. The van der Waals surface area contributed by atoms with Gasteiger partial charge in [-0.05, 0) is 68.1 Å². The number of amides is 1. The Labute approximate surface area is 192 Å². The third-order valence-corrected chi connectivity index (χ3v) is 6.18. The molecule has 1 amide bonds. The number of nitrogens with two attached hydrogens (primary N) is 1. The summed E-state index contributed by atoms with van der Waals surface area (Å²) in [4.78, 5) is 18.7. The molecule has 0 saturated heterocycles. The number of unbranched alkanes of at least 4 members (excludes halogenated alkanes) is 2. The molecule has 0 saturated carbocycles. The average molecular weight is 457 g/mol. The zero-order valence-corrected chi connectivity index (χ0v) is 19.6. The van der Waals surface area contributed by atoms with Crippen molar-refractivity contribution in [1.82, 2.24) is 9.88 Å². The third-order valence-electron chi connectivity index (χ3n) is 4.94. The molecular formula is C24H29ClN4OS. The van der Waals surface area contributed by atoms with Crippen LogP contribution in [0.25, 0.3) is 0 Å². The maximum absolute atomic E-state index is 13.0. The van der Waals surface area contributed by atoms with Gasteiger partial charge in [-0.1, -0.05) is 42.3 Å². The molecule has 3 N–H and O–H groups in total. The van der Waals surface area contributed by atoms with Gasteiger partial charge in [0.05, 0.1) is 5.69 Å². The first-order valence-electron chi connectivity index (χ1n) is 10.5. The average Bonchev–Trinajstić information content (AvgIpc) is 3.12. The van der Waals surface area contributed by atoms with Gasteiger partial charge in [-0.2, -0.15) is 0 Å². The van der Waals surface area contributed by atoms with Gasteiger partial charge >= 0.3 is 0 Å². The molecule has 0 bridgehead atoms. The Morgan fingerprint density at radius 1 is 1.13 bits per heavy atom. The molecular weight excluding hydrogens is 428 g/mol. The van der Waals surface area contributed by atoms with Crippen molar-refractivity contribution in [3.63, 3.8) is 0 Å². The summed E-state index contributed by atoms with van der Waals surface area (Å²) >= 11 is 7.71. The van der Waals surface area contributed by atoms with Gasteiger partial charge in [0.15, 0.2) is 4.80 Å². The molecule has 2 aromatic carbocycles. The molecule has 0 aliphatic heterocycles. The van der Waals surface area contributed by atoms with E-state index in [2.05, 4.69) is 37.4 Å². The Balaban J connectivity index is 1.87. The number of carbonyl (C=O) groups excluding carboxylic acids is 1. The van der Waals surface area contributed by atoms with Crippen molar-refractivity contribution in [1.29, 1.82) is 0 Å². The highest BCUT2D eigenvalue weighted by atomic mass is 35.5. The van der Waals surface area contributed by atoms with E-state index in [0.717, 1.165) is 41.9 Å². The standard InChI is InChI=1S/C24H29ClN4OS/c1-17-12-18(2)14-20(13-17)28-24-29(11-7-3-6-10-26)22(16-31-24)23(30)27-15-19-8-4-5-9-21(19)25/h4-5,8-9,12-14,16H,3,6-7,10-11,15,26H2,1-2H3,(H,27,30). The second kappa shape index (κ2) is 11.3. The van der Waals surface area contributed by atoms with E-state index in [4.69, 9.17) is 22.3 Å². The van der Waals surface area contributed by atoms with Crippen LogP contribution in [0.5, 0.6) is 0 Å². The van der Waals surface area contributed by atoms with Gasteiger partial charge in [-0.3, -0.25) is 4.79 Å². The third kappa shape index (κ3) is 6.53. The van der Waals surface area contributed by atoms with Gasteiger partial charge in [0.25, 0.3) is 5.91 Å². The van der Waals surface area contributed by atoms with Gasteiger partial charge in [-0.15, -0.1) is 11.3 Å². The molecule has 7 heteroatoms. The lowest BCUT2D eigenvalue weighted by atomic mass is 10.1. The second-order valence-corrected chi connectivity index (χ2v) is 8.88. The van der Waals surface area contributed by atoms with E-state index in [9.17, 15) is 4.79 Å². The van der Waals surface area contributed by atoms with E-state index in [0.29, 0.717) is 23.8 Å². The highest BCUT2D eigenvalue weighted by molar-refractivity contribution is 7.07. The fraction of sp³-hybridized carbons (Fsp3) is 0.333. The first-order chi connectivity index (χ1) is 15.0. The fourth-order valence-electron chi connectivity index (χ4n) is 3.44. The van der Waals surface area contributed by atoms with Gasteiger partial charge < -0.3 is 15.6 Å². The summed E-state index contributed by atoms with van der Waals surface area (Å²) in [7, 11) is 0. The van der Waals surface area contributed by atoms with E-state index in [1.165, 1.54) is 22.5 Å². The van der Waals surface area contributed by atoms with E-state index in [1.54, 1.807) is 0 Å². The summed E-state index contributed by atoms with van der Waals surface area (Å²) in [6.07, 6.45) is 2.93. The van der Waals surface area contributed by atoms with Gasteiger partial charge in [-0.25, -0.2) is 4.99 Å². The minimum atomic E-state index is -0.128. The molecule has 31 heavy (non-hydrogen) atoms. The van der Waals surface area contributed by atoms with E-state index >= 15 is 0 Å². The molecule has 0 atom stereocenters. The Hall–Kier alpha value is -2.41. The summed E-state index contributed by atoms with van der Waals surface area (Å²) in [6, 6.07) is 13.8. The van der Waals surface area contributed by atoms with Crippen molar-refractivity contribution in [3.05, 3.63) is 80.1 Å². The fourth-order valence-corrected chi connectivity index (χ4v) is 4.57. The van der Waals surface area contributed by atoms with Crippen molar-refractivity contribution < 1.29 is 4.79 Å². The number of rotatable bonds is 9. The summed E-state index contributed by atoms with van der Waals surface area (Å²) in [6.45, 7) is 5.91. The van der Waals surface area contributed by atoms with Crippen LogP contribution in [0.2, 0.25) is 5.02 Å². The molecule has 3 aromatic rings. The van der Waals surface area contributed by atoms with Crippen LogP contribution in [0.4, 0.5) is 5.69 Å². The molecule has 0 radical (unpaired) electrons. The lowest BCUT2D eigenvalue weighted by Gasteiger charge is -2.10. The number of aryl methyl sites for hydroxylation is 2. The monoisotopic (exact) mass is 456 g/mol. The van der Waals surface area contributed by atoms with Gasteiger partial charge in [0, 0.05) is 23.5 Å². The van der Waals surface area contributed by atoms with E-state index < -0.39 is 0 Å². The van der Waals surface area contributed by atoms with Crippen LogP contribution in [-0.4, -0.2) is 17.0 Å². The summed E-state index contributed by atoms with van der Waals surface area (Å²) in [5.41, 5.74) is 10.4. The summed E-state index contributed by atoms with van der Waals surface area (Å²) in [5.74, 6) is -0.128. The number of benzene rings is 2. The van der Waals surface area contributed by atoms with Gasteiger partial charge in [0.2, 0.25) is 0 Å². The minimum Gasteiger partial charge on any atom is -0.347 e. The molecule has 0 spiro atoms. The van der Waals surface area contributed by atoms with Crippen LogP contribution >= 0.6 is 22.9 Å². The maximum atomic E-state index is 13.0. The van der Waals surface area contributed by atoms with Crippen molar-refractivity contribution in [3.8, 4) is 0 Å². The SMILES string of the molecule is Cc1cc(C)cc(N=c2scc(C(=O)NCc3ccccc3Cl)n2CCCCCN)c1. The van der Waals surface area contributed by atoms with Crippen LogP contribution in [-0.2, 0) is 13.1 Å².